The van der Waals surface area contributed by atoms with Gasteiger partial charge in [-0.2, -0.15) is 0 Å². The standard InChI is InChI=1S/C19H30ClNO2/c1-2-3-4-5-6-7-8-9-10-11-14-23-19(22)16-12-13-17(20)18(21)15-16/h12-13,15H,2-11,14,21H2,1H3. The Morgan fingerprint density at radius 3 is 2.13 bits per heavy atom. The quantitative estimate of drug-likeness (QED) is 0.288. The zero-order valence-corrected chi connectivity index (χ0v) is 15.0. The highest BCUT2D eigenvalue weighted by atomic mass is 35.5. The average molecular weight is 340 g/mol. The normalized spacial score (nSPS) is 10.7. The van der Waals surface area contributed by atoms with E-state index >= 15 is 0 Å². The largest absolute Gasteiger partial charge is 0.462 e. The molecule has 0 fully saturated rings. The first-order valence-corrected chi connectivity index (χ1v) is 9.25. The van der Waals surface area contributed by atoms with Gasteiger partial charge in [0, 0.05) is 0 Å². The van der Waals surface area contributed by atoms with Gasteiger partial charge in [0.25, 0.3) is 0 Å². The van der Waals surface area contributed by atoms with Gasteiger partial charge in [-0.05, 0) is 24.6 Å². The summed E-state index contributed by atoms with van der Waals surface area (Å²) in [4.78, 5) is 11.8. The number of hydrogen-bond donors (Lipinski definition) is 1. The summed E-state index contributed by atoms with van der Waals surface area (Å²) >= 11 is 5.83. The third-order valence-corrected chi connectivity index (χ3v) is 4.31. The second kappa shape index (κ2) is 12.2. The van der Waals surface area contributed by atoms with E-state index in [0.29, 0.717) is 22.9 Å². The molecule has 23 heavy (non-hydrogen) atoms. The second-order valence-electron chi connectivity index (χ2n) is 6.05. The van der Waals surface area contributed by atoms with E-state index in [-0.39, 0.29) is 5.97 Å². The van der Waals surface area contributed by atoms with Crippen molar-refractivity contribution in [3.63, 3.8) is 0 Å². The number of benzene rings is 1. The molecule has 0 unspecified atom stereocenters. The molecule has 0 radical (unpaired) electrons. The maximum Gasteiger partial charge on any atom is 0.338 e. The molecule has 2 N–H and O–H groups in total. The van der Waals surface area contributed by atoms with Gasteiger partial charge in [0.1, 0.15) is 0 Å². The Labute approximate surface area is 145 Å². The number of nitrogen functional groups attached to an aromatic ring is 1. The molecule has 0 aliphatic carbocycles. The molecular formula is C19H30ClNO2. The first-order chi connectivity index (χ1) is 11.1. The van der Waals surface area contributed by atoms with Crippen LogP contribution in [0.5, 0.6) is 0 Å². The molecule has 0 heterocycles. The van der Waals surface area contributed by atoms with E-state index in [1.165, 1.54) is 51.4 Å². The number of unbranched alkanes of at least 4 members (excludes halogenated alkanes) is 9. The molecule has 130 valence electrons. The number of halogens is 1. The zero-order valence-electron chi connectivity index (χ0n) is 14.3. The van der Waals surface area contributed by atoms with Crippen molar-refractivity contribution >= 4 is 23.3 Å². The third kappa shape index (κ3) is 8.85. The van der Waals surface area contributed by atoms with Gasteiger partial charge in [0.05, 0.1) is 22.9 Å². The predicted molar refractivity (Wildman–Crippen MR) is 98.0 cm³/mol. The molecule has 0 spiro atoms. The van der Waals surface area contributed by atoms with Gasteiger partial charge in [-0.3, -0.25) is 0 Å². The Morgan fingerprint density at radius 1 is 1.00 bits per heavy atom. The summed E-state index contributed by atoms with van der Waals surface area (Å²) in [5, 5.41) is 0.455. The monoisotopic (exact) mass is 339 g/mol. The van der Waals surface area contributed by atoms with E-state index in [9.17, 15) is 4.79 Å². The number of nitrogens with two attached hydrogens (primary N) is 1. The molecule has 0 atom stereocenters. The first kappa shape index (κ1) is 19.8. The zero-order chi connectivity index (χ0) is 16.9. The highest BCUT2D eigenvalue weighted by Crippen LogP contribution is 2.20. The van der Waals surface area contributed by atoms with Crippen LogP contribution in [0.15, 0.2) is 18.2 Å². The number of rotatable bonds is 12. The van der Waals surface area contributed by atoms with Gasteiger partial charge in [0.2, 0.25) is 0 Å². The minimum absolute atomic E-state index is 0.329. The Balaban J connectivity index is 2.00. The molecule has 0 aliphatic heterocycles. The van der Waals surface area contributed by atoms with Gasteiger partial charge in [-0.1, -0.05) is 76.3 Å². The van der Waals surface area contributed by atoms with E-state index in [2.05, 4.69) is 6.92 Å². The molecule has 0 saturated carbocycles. The van der Waals surface area contributed by atoms with Crippen molar-refractivity contribution in [3.8, 4) is 0 Å². The highest BCUT2D eigenvalue weighted by molar-refractivity contribution is 6.33. The number of anilines is 1. The van der Waals surface area contributed by atoms with Gasteiger partial charge in [-0.25, -0.2) is 4.79 Å². The molecule has 1 aromatic carbocycles. The summed E-state index contributed by atoms with van der Waals surface area (Å²) in [5.41, 5.74) is 6.54. The molecule has 0 bridgehead atoms. The van der Waals surface area contributed by atoms with Gasteiger partial charge in [-0.15, -0.1) is 0 Å². The van der Waals surface area contributed by atoms with Gasteiger partial charge in [0.15, 0.2) is 0 Å². The summed E-state index contributed by atoms with van der Waals surface area (Å²) in [7, 11) is 0. The Bertz CT molecular complexity index is 463. The average Bonchev–Trinajstić information content (AvgIpc) is 2.55. The molecule has 1 rings (SSSR count). The summed E-state index contributed by atoms with van der Waals surface area (Å²) in [6, 6.07) is 4.82. The van der Waals surface area contributed by atoms with Crippen molar-refractivity contribution in [2.75, 3.05) is 12.3 Å². The smallest absolute Gasteiger partial charge is 0.338 e. The second-order valence-corrected chi connectivity index (χ2v) is 6.46. The SMILES string of the molecule is CCCCCCCCCCCCOC(=O)c1ccc(Cl)c(N)c1. The van der Waals surface area contributed by atoms with Crippen LogP contribution in [0.2, 0.25) is 5.02 Å². The lowest BCUT2D eigenvalue weighted by molar-refractivity contribution is 0.0497. The van der Waals surface area contributed by atoms with Gasteiger partial charge < -0.3 is 10.5 Å². The van der Waals surface area contributed by atoms with Crippen LogP contribution >= 0.6 is 11.6 Å². The Hall–Kier alpha value is -1.22. The molecule has 0 saturated heterocycles. The van der Waals surface area contributed by atoms with Crippen LogP contribution in [0.25, 0.3) is 0 Å². The third-order valence-electron chi connectivity index (χ3n) is 3.96. The lowest BCUT2D eigenvalue weighted by Gasteiger charge is -2.06. The predicted octanol–water partition coefficient (Wildman–Crippen LogP) is 6.00. The molecule has 1 aromatic rings. The number of hydrogen-bond acceptors (Lipinski definition) is 3. The van der Waals surface area contributed by atoms with E-state index < -0.39 is 0 Å². The van der Waals surface area contributed by atoms with Crippen molar-refractivity contribution < 1.29 is 9.53 Å². The molecule has 4 heteroatoms. The van der Waals surface area contributed by atoms with Gasteiger partial charge >= 0.3 is 5.97 Å². The number of esters is 1. The van der Waals surface area contributed by atoms with Crippen molar-refractivity contribution in [2.45, 2.75) is 71.1 Å². The van der Waals surface area contributed by atoms with Crippen LogP contribution in [0.4, 0.5) is 5.69 Å². The summed E-state index contributed by atoms with van der Waals surface area (Å²) in [5.74, 6) is -0.329. The van der Waals surface area contributed by atoms with Crippen LogP contribution in [-0.4, -0.2) is 12.6 Å². The van der Waals surface area contributed by atoms with Crippen molar-refractivity contribution in [1.82, 2.24) is 0 Å². The maximum atomic E-state index is 11.8. The highest BCUT2D eigenvalue weighted by Gasteiger charge is 2.08. The minimum Gasteiger partial charge on any atom is -0.462 e. The van der Waals surface area contributed by atoms with Crippen LogP contribution < -0.4 is 5.73 Å². The minimum atomic E-state index is -0.329. The lowest BCUT2D eigenvalue weighted by atomic mass is 10.1. The summed E-state index contributed by atoms with van der Waals surface area (Å²) in [6.45, 7) is 2.71. The lowest BCUT2D eigenvalue weighted by Crippen LogP contribution is -2.07. The Morgan fingerprint density at radius 2 is 1.57 bits per heavy atom. The maximum absolute atomic E-state index is 11.8. The molecular weight excluding hydrogens is 310 g/mol. The van der Waals surface area contributed by atoms with Crippen LogP contribution in [0, 0.1) is 0 Å². The van der Waals surface area contributed by atoms with Crippen molar-refractivity contribution in [2.24, 2.45) is 0 Å². The van der Waals surface area contributed by atoms with E-state index in [4.69, 9.17) is 22.1 Å². The van der Waals surface area contributed by atoms with Crippen LogP contribution in [0.1, 0.15) is 81.5 Å². The van der Waals surface area contributed by atoms with Crippen molar-refractivity contribution in [3.05, 3.63) is 28.8 Å². The number of carbonyl (C=O) groups is 1. The fourth-order valence-corrected chi connectivity index (χ4v) is 2.63. The summed E-state index contributed by atoms with van der Waals surface area (Å²) in [6.07, 6.45) is 12.6. The number of carbonyl (C=O) groups excluding carboxylic acids is 1. The van der Waals surface area contributed by atoms with Crippen LogP contribution in [-0.2, 0) is 4.74 Å². The fraction of sp³-hybridized carbons (Fsp3) is 0.632. The molecule has 0 aliphatic rings. The van der Waals surface area contributed by atoms with Crippen molar-refractivity contribution in [1.29, 1.82) is 0 Å². The van der Waals surface area contributed by atoms with Crippen LogP contribution in [0.3, 0.4) is 0 Å². The topological polar surface area (TPSA) is 52.3 Å². The number of ether oxygens (including phenoxy) is 1. The molecule has 0 amide bonds. The van der Waals surface area contributed by atoms with E-state index in [0.717, 1.165) is 12.8 Å². The molecule has 0 aromatic heterocycles. The Kier molecular flexibility index (Phi) is 10.5. The summed E-state index contributed by atoms with van der Waals surface area (Å²) < 4.78 is 5.26. The van der Waals surface area contributed by atoms with E-state index in [1.54, 1.807) is 18.2 Å². The fourth-order valence-electron chi connectivity index (χ4n) is 2.51. The molecule has 3 nitrogen and oxygen atoms in total. The first-order valence-electron chi connectivity index (χ1n) is 8.87. The van der Waals surface area contributed by atoms with E-state index in [1.807, 2.05) is 0 Å².